The predicted octanol–water partition coefficient (Wildman–Crippen LogP) is 1.19. The van der Waals surface area contributed by atoms with E-state index in [-0.39, 0.29) is 58.8 Å². The average molecular weight is 482 g/mol. The topological polar surface area (TPSA) is 0 Å². The maximum absolute atomic E-state index is 2.19. The SMILES string of the molecule is CC1(C)[CH][CH][CH][CH][CH]1.CC1(C)[CH][CH][CH][CH][CH]1.[BH4-].[BH4-].[U+2]. The fourth-order valence-electron chi connectivity index (χ4n) is 1.45. The van der Waals surface area contributed by atoms with Crippen molar-refractivity contribution >= 4 is 16.8 Å². The van der Waals surface area contributed by atoms with Crippen LogP contribution in [0.25, 0.3) is 0 Å². The van der Waals surface area contributed by atoms with Crippen LogP contribution in [0.15, 0.2) is 0 Å². The molecular weight excluding hydrogens is 452 g/mol. The van der Waals surface area contributed by atoms with Gasteiger partial charge in [-0.2, -0.15) is 0 Å². The minimum atomic E-state index is 0. The monoisotopic (exact) mass is 482 g/mol. The normalized spacial score (nSPS) is 23.4. The molecule has 0 aromatic carbocycles. The summed E-state index contributed by atoms with van der Waals surface area (Å²) in [6, 6.07) is 0. The van der Waals surface area contributed by atoms with Crippen molar-refractivity contribution in [3.05, 3.63) is 64.2 Å². The second-order valence-corrected chi connectivity index (χ2v) is 5.46. The maximum atomic E-state index is 2.19. The van der Waals surface area contributed by atoms with Gasteiger partial charge in [0, 0.05) is 0 Å². The van der Waals surface area contributed by atoms with Crippen LogP contribution in [0.2, 0.25) is 0 Å². The molecule has 0 heterocycles. The molecule has 2 rings (SSSR count). The first-order chi connectivity index (χ1) is 7.41. The van der Waals surface area contributed by atoms with Gasteiger partial charge in [0.05, 0.1) is 0 Å². The van der Waals surface area contributed by atoms with E-state index in [1.165, 1.54) is 0 Å². The summed E-state index contributed by atoms with van der Waals surface area (Å²) in [6.07, 6.45) is 21.2. The van der Waals surface area contributed by atoms with E-state index in [2.05, 4.69) is 79.1 Å². The van der Waals surface area contributed by atoms with Crippen LogP contribution >= 0.6 is 0 Å². The third-order valence-corrected chi connectivity index (χ3v) is 2.55. The molecule has 0 aromatic rings. The van der Waals surface area contributed by atoms with Crippen molar-refractivity contribution < 1.29 is 31.1 Å². The van der Waals surface area contributed by atoms with Crippen LogP contribution in [0.3, 0.4) is 0 Å². The summed E-state index contributed by atoms with van der Waals surface area (Å²) in [7, 11) is 0. The maximum Gasteiger partial charge on any atom is 2.00 e. The van der Waals surface area contributed by atoms with E-state index in [9.17, 15) is 0 Å². The second-order valence-electron chi connectivity index (χ2n) is 5.46. The van der Waals surface area contributed by atoms with E-state index < -0.39 is 0 Å². The Morgan fingerprint density at radius 3 is 0.789 bits per heavy atom. The third-order valence-electron chi connectivity index (χ3n) is 2.55. The fraction of sp³-hybridized carbons (Fsp3) is 0.375. The van der Waals surface area contributed by atoms with Crippen LogP contribution in [-0.2, 0) is 0 Å². The average Bonchev–Trinajstić information content (AvgIpc) is 2.17. The van der Waals surface area contributed by atoms with Crippen LogP contribution in [0.5, 0.6) is 0 Å². The van der Waals surface area contributed by atoms with Gasteiger partial charge in [-0.05, 0) is 75.0 Å². The molecule has 2 aliphatic rings. The van der Waals surface area contributed by atoms with Crippen LogP contribution in [0, 0.1) is 106 Å². The van der Waals surface area contributed by atoms with Gasteiger partial charge in [-0.25, -0.2) is 0 Å². The zero-order valence-electron chi connectivity index (χ0n) is 11.3. The minimum Gasteiger partial charge on any atom is -0.0626 e. The number of hydrogen-bond acceptors (Lipinski definition) is 0. The Balaban J connectivity index is -0.000000233. The van der Waals surface area contributed by atoms with Crippen LogP contribution in [0.1, 0.15) is 27.7 Å². The molecule has 2 aliphatic carbocycles. The van der Waals surface area contributed by atoms with Crippen molar-refractivity contribution in [1.82, 2.24) is 0 Å². The van der Waals surface area contributed by atoms with Gasteiger partial charge in [0.2, 0.25) is 0 Å². The summed E-state index contributed by atoms with van der Waals surface area (Å²) in [4.78, 5) is 0. The molecule has 0 saturated heterocycles. The zero-order chi connectivity index (χ0) is 12.1. The van der Waals surface area contributed by atoms with E-state index in [0.717, 1.165) is 0 Å². The molecule has 10 radical (unpaired) electrons. The van der Waals surface area contributed by atoms with Gasteiger partial charge in [0.25, 0.3) is 0 Å². The Labute approximate surface area is 150 Å². The Morgan fingerprint density at radius 2 is 0.684 bits per heavy atom. The summed E-state index contributed by atoms with van der Waals surface area (Å²) in [5, 5.41) is 0. The van der Waals surface area contributed by atoms with Crippen molar-refractivity contribution in [2.45, 2.75) is 27.7 Å². The first-order valence-electron chi connectivity index (χ1n) is 5.82. The van der Waals surface area contributed by atoms with E-state index in [1.807, 2.05) is 12.8 Å². The molecule has 104 valence electrons. The molecule has 2 saturated carbocycles. The van der Waals surface area contributed by atoms with Gasteiger partial charge in [0.15, 0.2) is 0 Å². The van der Waals surface area contributed by atoms with Crippen molar-refractivity contribution in [3.63, 3.8) is 0 Å². The van der Waals surface area contributed by atoms with Crippen LogP contribution in [0.4, 0.5) is 0 Å². The molecule has 0 amide bonds. The summed E-state index contributed by atoms with van der Waals surface area (Å²) in [5.74, 6) is 0. The predicted molar refractivity (Wildman–Crippen MR) is 93.2 cm³/mol. The molecule has 0 aromatic heterocycles. The van der Waals surface area contributed by atoms with E-state index >= 15 is 0 Å². The standard InChI is InChI=1S/2C8H11.2BH4.U/c2*1-8(2)6-4-3-5-7-8;;;/h2*3-7H,1-2H3;2*1H4;/q;;2*-1;+2. The second kappa shape index (κ2) is 11.8. The van der Waals surface area contributed by atoms with Gasteiger partial charge in [-0.1, -0.05) is 44.5 Å². The minimum absolute atomic E-state index is 0. The van der Waals surface area contributed by atoms with Crippen LogP contribution in [-0.4, -0.2) is 16.8 Å². The van der Waals surface area contributed by atoms with Crippen molar-refractivity contribution in [2.24, 2.45) is 10.8 Å². The molecular formula is C16H30B2U. The Bertz CT molecular complexity index is 165. The number of hydrogen-bond donors (Lipinski definition) is 0. The summed E-state index contributed by atoms with van der Waals surface area (Å²) in [5.41, 5.74) is 0.573. The van der Waals surface area contributed by atoms with Gasteiger partial charge in [0.1, 0.15) is 0 Å². The largest absolute Gasteiger partial charge is 2.00 e. The van der Waals surface area contributed by atoms with E-state index in [0.29, 0.717) is 0 Å². The first kappa shape index (κ1) is 25.2. The molecule has 19 heavy (non-hydrogen) atoms. The van der Waals surface area contributed by atoms with Crippen molar-refractivity contribution in [1.29, 1.82) is 0 Å². The van der Waals surface area contributed by atoms with Gasteiger partial charge in [-0.3, -0.25) is 0 Å². The van der Waals surface area contributed by atoms with Gasteiger partial charge >= 0.3 is 31.1 Å². The Hall–Kier alpha value is 1.18. The molecule has 0 nitrogen and oxygen atoms in total. The number of rotatable bonds is 0. The van der Waals surface area contributed by atoms with Crippen LogP contribution < -0.4 is 0 Å². The molecule has 0 unspecified atom stereocenters. The fourth-order valence-corrected chi connectivity index (χ4v) is 1.45. The summed E-state index contributed by atoms with van der Waals surface area (Å²) >= 11 is 0. The van der Waals surface area contributed by atoms with Crippen molar-refractivity contribution in [3.8, 4) is 0 Å². The molecule has 0 bridgehead atoms. The molecule has 0 N–H and O–H groups in total. The summed E-state index contributed by atoms with van der Waals surface area (Å²) in [6.45, 7) is 8.75. The molecule has 0 aliphatic heterocycles. The van der Waals surface area contributed by atoms with Gasteiger partial charge in [-0.15, -0.1) is 0 Å². The van der Waals surface area contributed by atoms with E-state index in [4.69, 9.17) is 0 Å². The zero-order valence-corrected chi connectivity index (χ0v) is 15.4. The third kappa shape index (κ3) is 12.6. The van der Waals surface area contributed by atoms with Crippen molar-refractivity contribution in [2.75, 3.05) is 0 Å². The first-order valence-corrected chi connectivity index (χ1v) is 5.82. The quantitative estimate of drug-likeness (QED) is 0.456. The Morgan fingerprint density at radius 1 is 0.474 bits per heavy atom. The molecule has 2 fully saturated rings. The molecule has 0 atom stereocenters. The summed E-state index contributed by atoms with van der Waals surface area (Å²) < 4.78 is 0. The molecule has 0 spiro atoms. The smallest absolute Gasteiger partial charge is 0.0626 e. The Kier molecular flexibility index (Phi) is 15.6. The van der Waals surface area contributed by atoms with Gasteiger partial charge < -0.3 is 0 Å². The van der Waals surface area contributed by atoms with E-state index in [1.54, 1.807) is 0 Å². The molecule has 3 heteroatoms.